The van der Waals surface area contributed by atoms with E-state index in [1.54, 1.807) is 0 Å². The second kappa shape index (κ2) is 12.8. The highest BCUT2D eigenvalue weighted by Gasteiger charge is 2.25. The Morgan fingerprint density at radius 2 is 0.947 bits per heavy atom. The standard InChI is InChI=1S/C53H36N2S2/c1-33-12-9-15-37(32-33)55(47-21-11-19-41-39-17-6-8-23-49(39)57-53(41)47)45-31-27-35-24-28-42-44(30-26-34-25-29-43(45)51(35)50(34)42)54(36-13-3-2-4-14-36)46-20-10-18-40-38-16-5-7-22-48(38)56-52(40)46/h2-11,13-33H,12H2,1H3. The highest BCUT2D eigenvalue weighted by Crippen LogP contribution is 2.51. The van der Waals surface area contributed by atoms with Gasteiger partial charge in [-0.1, -0.05) is 134 Å². The molecule has 1 aliphatic carbocycles. The third kappa shape index (κ3) is 5.01. The number of hydrogen-bond acceptors (Lipinski definition) is 4. The van der Waals surface area contributed by atoms with Crippen molar-refractivity contribution in [2.45, 2.75) is 13.3 Å². The normalized spacial score (nSPS) is 14.5. The Bertz CT molecular complexity index is 3420. The van der Waals surface area contributed by atoms with Crippen LogP contribution in [0.3, 0.4) is 0 Å². The molecule has 0 radical (unpaired) electrons. The minimum Gasteiger partial charge on any atom is -0.309 e. The van der Waals surface area contributed by atoms with Gasteiger partial charge in [0, 0.05) is 53.1 Å². The van der Waals surface area contributed by atoms with E-state index < -0.39 is 0 Å². The zero-order chi connectivity index (χ0) is 37.6. The highest BCUT2D eigenvalue weighted by atomic mass is 32.1. The van der Waals surface area contributed by atoms with Crippen molar-refractivity contribution in [3.05, 3.63) is 188 Å². The van der Waals surface area contributed by atoms with Gasteiger partial charge >= 0.3 is 0 Å². The van der Waals surface area contributed by atoms with Gasteiger partial charge in [-0.15, -0.1) is 22.7 Å². The first-order valence-electron chi connectivity index (χ1n) is 19.7. The number of anilines is 5. The van der Waals surface area contributed by atoms with Gasteiger partial charge < -0.3 is 9.80 Å². The number of hydrogen-bond donors (Lipinski definition) is 0. The summed E-state index contributed by atoms with van der Waals surface area (Å²) in [4.78, 5) is 5.02. The van der Waals surface area contributed by atoms with Crippen molar-refractivity contribution in [3.8, 4) is 0 Å². The lowest BCUT2D eigenvalue weighted by Gasteiger charge is -2.31. The minimum atomic E-state index is 0.450. The maximum Gasteiger partial charge on any atom is 0.0640 e. The summed E-state index contributed by atoms with van der Waals surface area (Å²) >= 11 is 3.78. The summed E-state index contributed by atoms with van der Waals surface area (Å²) in [6.07, 6.45) is 8.18. The van der Waals surface area contributed by atoms with Gasteiger partial charge in [0.25, 0.3) is 0 Å². The molecule has 4 heteroatoms. The second-order valence-electron chi connectivity index (χ2n) is 15.3. The van der Waals surface area contributed by atoms with Gasteiger partial charge in [0.1, 0.15) is 0 Å². The molecular weight excluding hydrogens is 729 g/mol. The average Bonchev–Trinajstić information content (AvgIpc) is 3.84. The fourth-order valence-electron chi connectivity index (χ4n) is 9.34. The quantitative estimate of drug-likeness (QED) is 0.156. The second-order valence-corrected chi connectivity index (χ2v) is 17.4. The SMILES string of the molecule is CC1C=C(N(c2ccc3ccc4c(N(c5ccccc5)c5cccc6c5sc5ccccc56)ccc5ccc2c3c54)c2cccc3c2sc2ccccc23)C=CC1. The van der Waals surface area contributed by atoms with Crippen molar-refractivity contribution in [1.82, 2.24) is 0 Å². The molecule has 0 aliphatic heterocycles. The van der Waals surface area contributed by atoms with Crippen molar-refractivity contribution in [2.24, 2.45) is 5.92 Å². The summed E-state index contributed by atoms with van der Waals surface area (Å²) < 4.78 is 5.24. The Balaban J connectivity index is 1.13. The Labute approximate surface area is 338 Å². The lowest BCUT2D eigenvalue weighted by Crippen LogP contribution is -2.18. The molecule has 1 atom stereocenters. The molecule has 2 aromatic heterocycles. The van der Waals surface area contributed by atoms with Gasteiger partial charge in [0.15, 0.2) is 0 Å². The van der Waals surface area contributed by atoms with E-state index in [4.69, 9.17) is 0 Å². The van der Waals surface area contributed by atoms with Crippen LogP contribution in [-0.4, -0.2) is 0 Å². The number of fused-ring (bicyclic) bond motifs is 6. The Hall–Kier alpha value is -6.46. The Morgan fingerprint density at radius 1 is 0.439 bits per heavy atom. The fourth-order valence-corrected chi connectivity index (χ4v) is 11.8. The first kappa shape index (κ1) is 32.8. The monoisotopic (exact) mass is 764 g/mol. The summed E-state index contributed by atoms with van der Waals surface area (Å²) in [5, 5.41) is 12.8. The highest BCUT2D eigenvalue weighted by molar-refractivity contribution is 7.26. The van der Waals surface area contributed by atoms with Crippen LogP contribution in [0, 0.1) is 5.92 Å². The van der Waals surface area contributed by atoms with E-state index in [2.05, 4.69) is 199 Å². The van der Waals surface area contributed by atoms with Crippen LogP contribution in [0.1, 0.15) is 13.3 Å². The predicted octanol–water partition coefficient (Wildman–Crippen LogP) is 16.4. The molecule has 0 fully saturated rings. The van der Waals surface area contributed by atoms with Gasteiger partial charge in [0.2, 0.25) is 0 Å². The Kier molecular flexibility index (Phi) is 7.35. The predicted molar refractivity (Wildman–Crippen MR) is 250 cm³/mol. The molecule has 11 aromatic rings. The summed E-state index contributed by atoms with van der Waals surface area (Å²) in [6.45, 7) is 2.32. The fraction of sp³-hybridized carbons (Fsp3) is 0.0566. The largest absolute Gasteiger partial charge is 0.309 e. The van der Waals surface area contributed by atoms with Crippen LogP contribution < -0.4 is 9.80 Å². The molecule has 2 nitrogen and oxygen atoms in total. The van der Waals surface area contributed by atoms with E-state index in [9.17, 15) is 0 Å². The molecule has 12 rings (SSSR count). The number of para-hydroxylation sites is 1. The number of allylic oxidation sites excluding steroid dienone is 3. The number of thiophene rings is 2. The molecule has 9 aromatic carbocycles. The summed E-state index contributed by atoms with van der Waals surface area (Å²) in [5.74, 6) is 0.450. The molecule has 1 aliphatic rings. The van der Waals surface area contributed by atoms with Crippen LogP contribution in [-0.2, 0) is 0 Å². The lowest BCUT2D eigenvalue weighted by molar-refractivity contribution is 0.726. The first-order chi connectivity index (χ1) is 28.2. The van der Waals surface area contributed by atoms with Gasteiger partial charge in [-0.3, -0.25) is 0 Å². The van der Waals surface area contributed by atoms with Gasteiger partial charge in [-0.05, 0) is 88.5 Å². The van der Waals surface area contributed by atoms with Crippen molar-refractivity contribution in [2.75, 3.05) is 9.80 Å². The molecular formula is C53H36N2S2. The number of rotatable bonds is 6. The van der Waals surface area contributed by atoms with Gasteiger partial charge in [-0.2, -0.15) is 0 Å². The maximum absolute atomic E-state index is 2.54. The van der Waals surface area contributed by atoms with Gasteiger partial charge in [-0.25, -0.2) is 0 Å². The third-order valence-corrected chi connectivity index (χ3v) is 14.3. The first-order valence-corrected chi connectivity index (χ1v) is 21.4. The van der Waals surface area contributed by atoms with Crippen molar-refractivity contribution < 1.29 is 0 Å². The zero-order valence-corrected chi connectivity index (χ0v) is 32.9. The van der Waals surface area contributed by atoms with E-state index in [-0.39, 0.29) is 0 Å². The van der Waals surface area contributed by atoms with E-state index in [1.807, 2.05) is 22.7 Å². The van der Waals surface area contributed by atoms with E-state index in [1.165, 1.54) is 101 Å². The van der Waals surface area contributed by atoms with Crippen molar-refractivity contribution in [3.63, 3.8) is 0 Å². The molecule has 1 unspecified atom stereocenters. The molecule has 57 heavy (non-hydrogen) atoms. The molecule has 2 heterocycles. The van der Waals surface area contributed by atoms with Crippen LogP contribution in [0.5, 0.6) is 0 Å². The molecule has 0 saturated heterocycles. The molecule has 0 saturated carbocycles. The van der Waals surface area contributed by atoms with Crippen molar-refractivity contribution in [1.29, 1.82) is 0 Å². The van der Waals surface area contributed by atoms with Crippen LogP contribution in [0.4, 0.5) is 28.4 Å². The molecule has 0 bridgehead atoms. The smallest absolute Gasteiger partial charge is 0.0640 e. The third-order valence-electron chi connectivity index (χ3n) is 11.9. The van der Waals surface area contributed by atoms with E-state index in [0.717, 1.165) is 12.1 Å². The summed E-state index contributed by atoms with van der Waals surface area (Å²) in [6, 6.07) is 60.8. The average molecular weight is 765 g/mol. The zero-order valence-electron chi connectivity index (χ0n) is 31.3. The molecule has 270 valence electrons. The summed E-state index contributed by atoms with van der Waals surface area (Å²) in [7, 11) is 0. The van der Waals surface area contributed by atoms with E-state index in [0.29, 0.717) is 5.92 Å². The Morgan fingerprint density at radius 3 is 1.54 bits per heavy atom. The molecule has 0 N–H and O–H groups in total. The summed E-state index contributed by atoms with van der Waals surface area (Å²) in [5.41, 5.74) is 7.17. The number of nitrogens with zero attached hydrogens (tertiary/aromatic N) is 2. The molecule has 0 amide bonds. The van der Waals surface area contributed by atoms with Crippen LogP contribution in [0.15, 0.2) is 188 Å². The van der Waals surface area contributed by atoms with Gasteiger partial charge in [0.05, 0.1) is 32.1 Å². The van der Waals surface area contributed by atoms with Crippen molar-refractivity contribution >= 4 is 124 Å². The van der Waals surface area contributed by atoms with Crippen LogP contribution in [0.2, 0.25) is 0 Å². The molecule has 0 spiro atoms. The minimum absolute atomic E-state index is 0.450. The van der Waals surface area contributed by atoms with E-state index >= 15 is 0 Å². The lowest BCUT2D eigenvalue weighted by atomic mass is 9.91. The van der Waals surface area contributed by atoms with Crippen LogP contribution >= 0.6 is 22.7 Å². The number of benzene rings is 9. The topological polar surface area (TPSA) is 6.48 Å². The van der Waals surface area contributed by atoms with Crippen LogP contribution in [0.25, 0.3) is 72.7 Å². The maximum atomic E-state index is 2.54.